The molecule has 0 saturated heterocycles. The molecule has 0 fully saturated rings. The van der Waals surface area contributed by atoms with Crippen molar-refractivity contribution in [3.8, 4) is 22.8 Å². The van der Waals surface area contributed by atoms with E-state index < -0.39 is 0 Å². The molecule has 2 heterocycles. The van der Waals surface area contributed by atoms with Crippen LogP contribution in [0.15, 0.2) is 66.3 Å². The van der Waals surface area contributed by atoms with Crippen LogP contribution in [-0.4, -0.2) is 34.9 Å². The smallest absolute Gasteiger partial charge is 0.260 e. The van der Waals surface area contributed by atoms with Gasteiger partial charge < -0.3 is 9.47 Å². The minimum absolute atomic E-state index is 0.257. The lowest BCUT2D eigenvalue weighted by atomic mass is 10.1. The first-order valence-corrected chi connectivity index (χ1v) is 10.1. The van der Waals surface area contributed by atoms with Gasteiger partial charge in [-0.25, -0.2) is 4.98 Å². The van der Waals surface area contributed by atoms with Crippen LogP contribution in [0.25, 0.3) is 11.3 Å². The lowest BCUT2D eigenvalue weighted by molar-refractivity contribution is 0.102. The molecular formula is C22H20N4O3S. The maximum Gasteiger partial charge on any atom is 0.260 e. The molecule has 0 radical (unpaired) electrons. The number of anilines is 1. The Bertz CT molecular complexity index is 1150. The highest BCUT2D eigenvalue weighted by atomic mass is 32.1. The number of ether oxygens (including phenoxy) is 2. The number of methoxy groups -OCH3 is 2. The number of benzene rings is 2. The number of hydrogen-bond donors (Lipinski definition) is 1. The van der Waals surface area contributed by atoms with Gasteiger partial charge in [-0.3, -0.25) is 14.8 Å². The van der Waals surface area contributed by atoms with Gasteiger partial charge in [0.25, 0.3) is 5.91 Å². The zero-order valence-corrected chi connectivity index (χ0v) is 17.3. The molecule has 0 atom stereocenters. The van der Waals surface area contributed by atoms with Gasteiger partial charge in [0.05, 0.1) is 38.2 Å². The largest absolute Gasteiger partial charge is 0.497 e. The van der Waals surface area contributed by atoms with E-state index in [4.69, 9.17) is 9.47 Å². The number of nitrogens with one attached hydrogen (secondary N) is 1. The van der Waals surface area contributed by atoms with Gasteiger partial charge in [0.15, 0.2) is 5.13 Å². The van der Waals surface area contributed by atoms with E-state index >= 15 is 0 Å². The highest BCUT2D eigenvalue weighted by molar-refractivity contribution is 7.14. The lowest BCUT2D eigenvalue weighted by Gasteiger charge is -2.08. The Hall–Kier alpha value is -3.65. The first-order chi connectivity index (χ1) is 14.7. The summed E-state index contributed by atoms with van der Waals surface area (Å²) in [6.45, 7) is 0.602. The highest BCUT2D eigenvalue weighted by Gasteiger charge is 2.15. The predicted molar refractivity (Wildman–Crippen MR) is 116 cm³/mol. The predicted octanol–water partition coefficient (Wildman–Crippen LogP) is 4.32. The van der Waals surface area contributed by atoms with E-state index in [9.17, 15) is 4.79 Å². The third kappa shape index (κ3) is 4.33. The SMILES string of the molecule is COc1ccc(OC)c(-c2csc(NC(=O)c3cnn(Cc4ccccc4)c3)n2)c1. The Morgan fingerprint density at radius 1 is 1.13 bits per heavy atom. The fraction of sp³-hybridized carbons (Fsp3) is 0.136. The molecule has 0 unspecified atom stereocenters. The van der Waals surface area contributed by atoms with E-state index in [1.165, 1.54) is 11.3 Å². The van der Waals surface area contributed by atoms with Crippen LogP contribution in [0.4, 0.5) is 5.13 Å². The van der Waals surface area contributed by atoms with Gasteiger partial charge in [-0.2, -0.15) is 5.10 Å². The molecule has 7 nitrogen and oxygen atoms in total. The van der Waals surface area contributed by atoms with Crippen molar-refractivity contribution >= 4 is 22.4 Å². The molecule has 0 aliphatic heterocycles. The van der Waals surface area contributed by atoms with Gasteiger partial charge >= 0.3 is 0 Å². The van der Waals surface area contributed by atoms with Crippen molar-refractivity contribution in [1.29, 1.82) is 0 Å². The standard InChI is InChI=1S/C22H20N4O3S/c1-28-17-8-9-20(29-2)18(10-17)19-14-30-22(24-19)25-21(27)16-11-23-26(13-16)12-15-6-4-3-5-7-15/h3-11,13-14H,12H2,1-2H3,(H,24,25,27). The highest BCUT2D eigenvalue weighted by Crippen LogP contribution is 2.35. The van der Waals surface area contributed by atoms with Crippen molar-refractivity contribution in [3.05, 3.63) is 77.4 Å². The lowest BCUT2D eigenvalue weighted by Crippen LogP contribution is -2.11. The van der Waals surface area contributed by atoms with Crippen LogP contribution in [-0.2, 0) is 6.54 Å². The zero-order valence-electron chi connectivity index (χ0n) is 16.5. The average Bonchev–Trinajstić information content (AvgIpc) is 3.44. The van der Waals surface area contributed by atoms with Gasteiger partial charge in [-0.05, 0) is 23.8 Å². The van der Waals surface area contributed by atoms with Gasteiger partial charge in [0, 0.05) is 17.1 Å². The van der Waals surface area contributed by atoms with Crippen molar-refractivity contribution in [2.75, 3.05) is 19.5 Å². The summed E-state index contributed by atoms with van der Waals surface area (Å²) in [4.78, 5) is 17.1. The summed E-state index contributed by atoms with van der Waals surface area (Å²) in [7, 11) is 3.21. The number of rotatable bonds is 7. The second kappa shape index (κ2) is 8.79. The van der Waals surface area contributed by atoms with Crippen LogP contribution in [0.3, 0.4) is 0 Å². The van der Waals surface area contributed by atoms with Gasteiger partial charge in [-0.15, -0.1) is 11.3 Å². The van der Waals surface area contributed by atoms with Crippen LogP contribution in [0, 0.1) is 0 Å². The first kappa shape index (κ1) is 19.7. The number of carbonyl (C=O) groups is 1. The minimum atomic E-state index is -0.257. The topological polar surface area (TPSA) is 78.3 Å². The van der Waals surface area contributed by atoms with Gasteiger partial charge in [-0.1, -0.05) is 30.3 Å². The molecule has 0 aliphatic rings. The Morgan fingerprint density at radius 3 is 2.73 bits per heavy atom. The number of hydrogen-bond acceptors (Lipinski definition) is 6. The summed E-state index contributed by atoms with van der Waals surface area (Å²) in [5, 5.41) is 9.47. The first-order valence-electron chi connectivity index (χ1n) is 9.22. The van der Waals surface area contributed by atoms with Crippen LogP contribution < -0.4 is 14.8 Å². The molecule has 4 rings (SSSR count). The van der Waals surface area contributed by atoms with Crippen LogP contribution >= 0.6 is 11.3 Å². The quantitative estimate of drug-likeness (QED) is 0.482. The maximum atomic E-state index is 12.6. The molecule has 2 aromatic heterocycles. The molecule has 152 valence electrons. The third-order valence-corrected chi connectivity index (χ3v) is 5.25. The summed E-state index contributed by atoms with van der Waals surface area (Å²) in [5.74, 6) is 1.13. The molecule has 0 spiro atoms. The second-order valence-corrected chi connectivity index (χ2v) is 7.33. The van der Waals surface area contributed by atoms with Gasteiger partial charge in [0.2, 0.25) is 0 Å². The number of amides is 1. The van der Waals surface area contributed by atoms with Crippen molar-refractivity contribution in [1.82, 2.24) is 14.8 Å². The Labute approximate surface area is 177 Å². The summed E-state index contributed by atoms with van der Waals surface area (Å²) >= 11 is 1.34. The molecule has 4 aromatic rings. The van der Waals surface area contributed by atoms with E-state index in [-0.39, 0.29) is 5.91 Å². The Morgan fingerprint density at radius 2 is 1.97 bits per heavy atom. The molecule has 0 saturated carbocycles. The zero-order chi connectivity index (χ0) is 20.9. The van der Waals surface area contributed by atoms with Crippen molar-refractivity contribution in [2.45, 2.75) is 6.54 Å². The van der Waals surface area contributed by atoms with Gasteiger partial charge in [0.1, 0.15) is 11.5 Å². The summed E-state index contributed by atoms with van der Waals surface area (Å²) < 4.78 is 12.4. The summed E-state index contributed by atoms with van der Waals surface area (Å²) in [6.07, 6.45) is 3.28. The summed E-state index contributed by atoms with van der Waals surface area (Å²) in [5.41, 5.74) is 3.08. The summed E-state index contributed by atoms with van der Waals surface area (Å²) in [6, 6.07) is 15.5. The van der Waals surface area contributed by atoms with Crippen molar-refractivity contribution in [2.24, 2.45) is 0 Å². The van der Waals surface area contributed by atoms with E-state index in [1.54, 1.807) is 31.3 Å². The molecule has 30 heavy (non-hydrogen) atoms. The number of carbonyl (C=O) groups excluding carboxylic acids is 1. The van der Waals surface area contributed by atoms with Crippen LogP contribution in [0.2, 0.25) is 0 Å². The van der Waals surface area contributed by atoms with Crippen LogP contribution in [0.1, 0.15) is 15.9 Å². The Kier molecular flexibility index (Phi) is 5.76. The Balaban J connectivity index is 1.47. The third-order valence-electron chi connectivity index (χ3n) is 4.49. The van der Waals surface area contributed by atoms with E-state index in [2.05, 4.69) is 15.4 Å². The molecule has 2 aromatic carbocycles. The molecule has 1 N–H and O–H groups in total. The molecular weight excluding hydrogens is 400 g/mol. The number of aromatic nitrogens is 3. The number of nitrogens with zero attached hydrogens (tertiary/aromatic N) is 3. The second-order valence-electron chi connectivity index (χ2n) is 6.47. The maximum absolute atomic E-state index is 12.6. The van der Waals surface area contributed by atoms with Crippen molar-refractivity contribution < 1.29 is 14.3 Å². The van der Waals surface area contributed by atoms with Crippen LogP contribution in [0.5, 0.6) is 11.5 Å². The van der Waals surface area contributed by atoms with Crippen molar-refractivity contribution in [3.63, 3.8) is 0 Å². The molecule has 0 aliphatic carbocycles. The fourth-order valence-corrected chi connectivity index (χ4v) is 3.68. The number of thiazole rings is 1. The fourth-order valence-electron chi connectivity index (χ4n) is 2.98. The average molecular weight is 420 g/mol. The minimum Gasteiger partial charge on any atom is -0.497 e. The normalized spacial score (nSPS) is 10.6. The molecule has 8 heteroatoms. The van der Waals surface area contributed by atoms with E-state index in [0.717, 1.165) is 11.1 Å². The molecule has 1 amide bonds. The molecule has 0 bridgehead atoms. The van der Waals surface area contributed by atoms with E-state index in [1.807, 2.05) is 53.9 Å². The van der Waals surface area contributed by atoms with E-state index in [0.29, 0.717) is 34.4 Å². The monoisotopic (exact) mass is 420 g/mol.